The topological polar surface area (TPSA) is 199 Å². The molecule has 0 amide bonds. The summed E-state index contributed by atoms with van der Waals surface area (Å²) in [6, 6.07) is 0. The molecule has 12 nitrogen and oxygen atoms in total. The van der Waals surface area contributed by atoms with Crippen LogP contribution in [0.1, 0.15) is 0 Å². The second kappa shape index (κ2) is 29.8. The molecule has 0 aliphatic carbocycles. The molecule has 0 aliphatic heterocycles. The maximum absolute atomic E-state index is 8.25. The van der Waals surface area contributed by atoms with Crippen LogP contribution in [0.15, 0.2) is 0 Å². The van der Waals surface area contributed by atoms with E-state index in [1.54, 1.807) is 0 Å². The molecule has 0 atom stereocenters. The Hall–Kier alpha value is 2.03. The van der Waals surface area contributed by atoms with Crippen molar-refractivity contribution in [2.75, 3.05) is 0 Å². The number of rotatable bonds is 0. The molecule has 0 aromatic rings. The standard InChI is InChI=1S/Eu.3NO3.Pr.Sr.2H/c;3*2-1(3)4;;;;/q;3*-1;+3;;;. The van der Waals surface area contributed by atoms with Gasteiger partial charge in [0.2, 0.25) is 0 Å². The summed E-state index contributed by atoms with van der Waals surface area (Å²) in [5, 5.41) is 44.2. The van der Waals surface area contributed by atoms with Crippen molar-refractivity contribution in [3.63, 3.8) is 0 Å². The summed E-state index contributed by atoms with van der Waals surface area (Å²) in [5.41, 5.74) is 0. The van der Waals surface area contributed by atoms with E-state index in [0.717, 1.165) is 0 Å². The van der Waals surface area contributed by atoms with Crippen LogP contribution in [0.25, 0.3) is 0 Å². The van der Waals surface area contributed by atoms with E-state index in [9.17, 15) is 0 Å². The molecule has 15 heteroatoms. The fourth-order valence-electron chi connectivity index (χ4n) is 0. The van der Waals surface area contributed by atoms with E-state index in [1.165, 1.54) is 0 Å². The molecule has 0 saturated carbocycles. The zero-order valence-electron chi connectivity index (χ0n) is 5.97. The van der Waals surface area contributed by atoms with Gasteiger partial charge >= 0.3 is 86.8 Å². The summed E-state index contributed by atoms with van der Waals surface area (Å²) in [6.07, 6.45) is 0. The summed E-state index contributed by atoms with van der Waals surface area (Å²) in [6.45, 7) is 0. The summed E-state index contributed by atoms with van der Waals surface area (Å²) >= 11 is 0. The van der Waals surface area contributed by atoms with Gasteiger partial charge in [0.05, 0.1) is 15.3 Å². The first kappa shape index (κ1) is 36.0. The Morgan fingerprint density at radius 1 is 0.600 bits per heavy atom. The molecule has 0 aromatic carbocycles. The average Bonchev–Trinajstić information content (AvgIpc) is 1.54. The predicted molar refractivity (Wildman–Crippen MR) is 39.6 cm³/mol. The van der Waals surface area contributed by atoms with Crippen molar-refractivity contribution in [1.82, 2.24) is 0 Å². The molecule has 0 unspecified atom stereocenters. The molecule has 1 radical (unpaired) electrons. The van der Waals surface area contributed by atoms with Gasteiger partial charge in [0, 0.05) is 49.4 Å². The zero-order chi connectivity index (χ0) is 10.7. The third-order valence-corrected chi connectivity index (χ3v) is 0. The first-order valence-electron chi connectivity index (χ1n) is 1.64. The van der Waals surface area contributed by atoms with Crippen molar-refractivity contribution >= 4 is 45.5 Å². The van der Waals surface area contributed by atoms with E-state index in [1.807, 2.05) is 0 Å². The summed E-state index contributed by atoms with van der Waals surface area (Å²) in [5.74, 6) is 0. The fourth-order valence-corrected chi connectivity index (χ4v) is 0. The van der Waals surface area contributed by atoms with Crippen LogP contribution in [-0.4, -0.2) is 60.7 Å². The van der Waals surface area contributed by atoms with Crippen LogP contribution < -0.4 is 0 Å². The Balaban J connectivity index is -0.0000000184. The van der Waals surface area contributed by atoms with Crippen LogP contribution in [0.5, 0.6) is 0 Å². The summed E-state index contributed by atoms with van der Waals surface area (Å²) in [7, 11) is 0. The first-order valence-corrected chi connectivity index (χ1v) is 1.64. The number of nitrogens with zero attached hydrogens (tertiary/aromatic N) is 3. The van der Waals surface area contributed by atoms with Gasteiger partial charge in [0.15, 0.2) is 0 Å². The van der Waals surface area contributed by atoms with E-state index in [4.69, 9.17) is 46.0 Å². The third-order valence-electron chi connectivity index (χ3n) is 0. The van der Waals surface area contributed by atoms with E-state index < -0.39 is 15.3 Å². The second-order valence-corrected chi connectivity index (χ2v) is 0.671. The van der Waals surface area contributed by atoms with Gasteiger partial charge in [-0.2, -0.15) is 0 Å². The molecule has 0 aliphatic rings. The maximum atomic E-state index is 8.25. The van der Waals surface area contributed by atoms with Crippen molar-refractivity contribution in [2.45, 2.75) is 0 Å². The van der Waals surface area contributed by atoms with Crippen LogP contribution in [0.2, 0.25) is 0 Å². The molecule has 0 saturated heterocycles. The van der Waals surface area contributed by atoms with Crippen molar-refractivity contribution in [1.29, 1.82) is 0 Å². The van der Waals surface area contributed by atoms with Gasteiger partial charge < -0.3 is 46.0 Å². The Morgan fingerprint density at radius 3 is 0.600 bits per heavy atom. The molecule has 15 heavy (non-hydrogen) atoms. The van der Waals surface area contributed by atoms with Crippen molar-refractivity contribution in [3.05, 3.63) is 46.0 Å². The zero-order valence-corrected chi connectivity index (χ0v) is 12.1. The Morgan fingerprint density at radius 2 is 0.600 bits per heavy atom. The van der Waals surface area contributed by atoms with Crippen LogP contribution in [0.4, 0.5) is 0 Å². The third kappa shape index (κ3) is 767. The quantitative estimate of drug-likeness (QED) is 0.187. The average molecular weight is 569 g/mol. The van der Waals surface area contributed by atoms with E-state index in [2.05, 4.69) is 0 Å². The van der Waals surface area contributed by atoms with Crippen molar-refractivity contribution in [3.8, 4) is 0 Å². The van der Waals surface area contributed by atoms with E-state index >= 15 is 0 Å². The van der Waals surface area contributed by atoms with Gasteiger partial charge in [-0.25, -0.2) is 0 Å². The van der Waals surface area contributed by atoms with Crippen molar-refractivity contribution < 1.29 is 106 Å². The first-order chi connectivity index (χ1) is 5.20. The minimum absolute atomic E-state index is 0. The molecule has 0 rings (SSSR count). The number of hydrogen-bond acceptors (Lipinski definition) is 9. The molecular formula is H2EuN3O9PrSr. The summed E-state index contributed by atoms with van der Waals surface area (Å²) in [4.78, 5) is 24.8. The molecule has 0 N–H and O–H groups in total. The van der Waals surface area contributed by atoms with Crippen LogP contribution in [-0.2, 0) is 0 Å². The van der Waals surface area contributed by atoms with Gasteiger partial charge in [-0.3, -0.25) is 0 Å². The fraction of sp³-hybridized carbons (Fsp3) is 0. The van der Waals surface area contributed by atoms with E-state index in [-0.39, 0.29) is 136 Å². The van der Waals surface area contributed by atoms with Gasteiger partial charge in [-0.05, 0) is 0 Å². The molecule has 0 heterocycles. The summed E-state index contributed by atoms with van der Waals surface area (Å²) < 4.78 is 0. The normalized spacial score (nSPS) is 4.80. The monoisotopic (exact) mass is 570 g/mol. The molecular weight excluding hydrogens is 567 g/mol. The molecule has 0 bridgehead atoms. The van der Waals surface area contributed by atoms with Gasteiger partial charge in [0.25, 0.3) is 0 Å². The van der Waals surface area contributed by atoms with Crippen LogP contribution in [0, 0.1) is 137 Å². The van der Waals surface area contributed by atoms with Gasteiger partial charge in [-0.15, -0.1) is 0 Å². The SMILES string of the molecule is O=[N+]([O-])[O-].O=[N+]([O-])[O-].O=[N+]([O-])[O-].[Eu].[Pr+3].[SrH2]. The van der Waals surface area contributed by atoms with Crippen molar-refractivity contribution in [2.24, 2.45) is 0 Å². The van der Waals surface area contributed by atoms with E-state index in [0.29, 0.717) is 0 Å². The van der Waals surface area contributed by atoms with Crippen LogP contribution in [0.3, 0.4) is 0 Å². The Kier molecular flexibility index (Phi) is 71.4. The molecule has 0 fully saturated rings. The second-order valence-electron chi connectivity index (χ2n) is 0.671. The van der Waals surface area contributed by atoms with Gasteiger partial charge in [0.1, 0.15) is 0 Å². The molecule has 83 valence electrons. The molecule has 0 aromatic heterocycles. The Bertz CT molecular complexity index is 123. The van der Waals surface area contributed by atoms with Gasteiger partial charge in [-0.1, -0.05) is 0 Å². The molecule has 0 spiro atoms. The predicted octanol–water partition coefficient (Wildman–Crippen LogP) is -1.63. The number of hydrogen-bond donors (Lipinski definition) is 0. The Labute approximate surface area is 192 Å². The van der Waals surface area contributed by atoms with Crippen LogP contribution >= 0.6 is 0 Å². The minimum atomic E-state index is -1.75.